The molecule has 1 heterocycles. The number of hydrogen-bond donors (Lipinski definition) is 1. The van der Waals surface area contributed by atoms with Gasteiger partial charge in [-0.15, -0.1) is 0 Å². The fourth-order valence-electron chi connectivity index (χ4n) is 1.64. The van der Waals surface area contributed by atoms with Crippen LogP contribution in [0.15, 0.2) is 47.2 Å². The first-order valence-electron chi connectivity index (χ1n) is 6.43. The van der Waals surface area contributed by atoms with Crippen molar-refractivity contribution in [3.63, 3.8) is 0 Å². The van der Waals surface area contributed by atoms with Crippen molar-refractivity contribution in [3.8, 4) is 5.75 Å². The van der Waals surface area contributed by atoms with Gasteiger partial charge in [0.25, 0.3) is 0 Å². The molecular weight excluding hydrogens is 356 g/mol. The molecule has 0 saturated heterocycles. The van der Waals surface area contributed by atoms with Gasteiger partial charge < -0.3 is 10.1 Å². The quantitative estimate of drug-likeness (QED) is 0.773. The number of hydrogen-bond acceptors (Lipinski definition) is 3. The summed E-state index contributed by atoms with van der Waals surface area (Å²) in [7, 11) is 0. The molecule has 0 atom stereocenters. The zero-order chi connectivity index (χ0) is 15.1. The maximum Gasteiger partial charge on any atom is 0.224 e. The Morgan fingerprint density at radius 3 is 2.76 bits per heavy atom. The van der Waals surface area contributed by atoms with Gasteiger partial charge in [-0.05, 0) is 36.8 Å². The average Bonchev–Trinajstić information content (AvgIpc) is 2.48. The normalized spacial score (nSPS) is 10.2. The molecule has 0 aliphatic rings. The molecule has 0 unspecified atom stereocenters. The number of ether oxygens (including phenoxy) is 1. The van der Waals surface area contributed by atoms with Crippen molar-refractivity contribution < 1.29 is 9.53 Å². The molecule has 1 N–H and O–H groups in total. The first kappa shape index (κ1) is 15.8. The summed E-state index contributed by atoms with van der Waals surface area (Å²) in [5.74, 6) is 0.693. The van der Waals surface area contributed by atoms with Crippen LogP contribution in [0.4, 0.5) is 5.69 Å². The van der Waals surface area contributed by atoms with E-state index in [1.807, 2.05) is 24.3 Å². The molecule has 6 heteroatoms. The van der Waals surface area contributed by atoms with Gasteiger partial charge in [0.05, 0.1) is 17.3 Å². The summed E-state index contributed by atoms with van der Waals surface area (Å²) in [4.78, 5) is 15.6. The number of nitrogens with one attached hydrogen (secondary N) is 1. The maximum atomic E-state index is 11.8. The van der Waals surface area contributed by atoms with Crippen molar-refractivity contribution in [1.82, 2.24) is 4.98 Å². The van der Waals surface area contributed by atoms with Gasteiger partial charge >= 0.3 is 0 Å². The zero-order valence-corrected chi connectivity index (χ0v) is 13.5. The molecule has 0 saturated carbocycles. The summed E-state index contributed by atoms with van der Waals surface area (Å²) in [6.45, 7) is 0.485. The molecule has 0 fully saturated rings. The lowest BCUT2D eigenvalue weighted by atomic mass is 10.3. The predicted octanol–water partition coefficient (Wildman–Crippen LogP) is 4.30. The van der Waals surface area contributed by atoms with Crippen LogP contribution in [0.25, 0.3) is 0 Å². The largest absolute Gasteiger partial charge is 0.494 e. The molecule has 0 radical (unpaired) electrons. The number of anilines is 1. The van der Waals surface area contributed by atoms with E-state index in [1.54, 1.807) is 12.3 Å². The van der Waals surface area contributed by atoms with E-state index in [2.05, 4.69) is 26.2 Å². The Morgan fingerprint density at radius 2 is 2.05 bits per heavy atom. The maximum absolute atomic E-state index is 11.8. The van der Waals surface area contributed by atoms with Gasteiger partial charge in [0.1, 0.15) is 5.75 Å². The van der Waals surface area contributed by atoms with Gasteiger partial charge in [-0.2, -0.15) is 0 Å². The molecule has 0 aliphatic carbocycles. The van der Waals surface area contributed by atoms with Gasteiger partial charge in [-0.1, -0.05) is 27.5 Å². The van der Waals surface area contributed by atoms with E-state index < -0.39 is 0 Å². The average molecular weight is 370 g/mol. The minimum absolute atomic E-state index is 0.0949. The van der Waals surface area contributed by atoms with Crippen LogP contribution < -0.4 is 10.1 Å². The Kier molecular flexibility index (Phi) is 6.02. The van der Waals surface area contributed by atoms with Crippen molar-refractivity contribution in [2.45, 2.75) is 12.8 Å². The number of rotatable bonds is 6. The first-order valence-corrected chi connectivity index (χ1v) is 7.60. The molecule has 0 bridgehead atoms. The molecule has 2 aromatic rings. The van der Waals surface area contributed by atoms with Gasteiger partial charge in [0, 0.05) is 23.3 Å². The third-order valence-corrected chi connectivity index (χ3v) is 3.51. The van der Waals surface area contributed by atoms with E-state index in [1.165, 1.54) is 6.20 Å². The highest BCUT2D eigenvalue weighted by Gasteiger charge is 2.05. The van der Waals surface area contributed by atoms with E-state index in [0.717, 1.165) is 10.2 Å². The van der Waals surface area contributed by atoms with Crippen LogP contribution in [0.3, 0.4) is 0 Å². The van der Waals surface area contributed by atoms with Crippen LogP contribution in [0.5, 0.6) is 5.75 Å². The standard InChI is InChI=1S/C15H14BrClN2O2/c16-11-3-5-12(6-4-11)21-9-1-2-15(20)19-14-7-8-18-10-13(14)17/h3-8,10H,1-2,9H2,(H,18,19,20). The molecule has 4 nitrogen and oxygen atoms in total. The summed E-state index contributed by atoms with van der Waals surface area (Å²) < 4.78 is 6.55. The number of nitrogens with zero attached hydrogens (tertiary/aromatic N) is 1. The molecule has 2 rings (SSSR count). The van der Waals surface area contributed by atoms with E-state index in [0.29, 0.717) is 30.2 Å². The van der Waals surface area contributed by atoms with Crippen molar-refractivity contribution in [2.24, 2.45) is 0 Å². The van der Waals surface area contributed by atoms with Gasteiger partial charge in [-0.25, -0.2) is 0 Å². The lowest BCUT2D eigenvalue weighted by Gasteiger charge is -2.08. The molecule has 0 spiro atoms. The zero-order valence-electron chi connectivity index (χ0n) is 11.2. The van der Waals surface area contributed by atoms with Gasteiger partial charge in [0.15, 0.2) is 0 Å². The highest BCUT2D eigenvalue weighted by molar-refractivity contribution is 9.10. The minimum atomic E-state index is -0.0949. The SMILES string of the molecule is O=C(CCCOc1ccc(Br)cc1)Nc1ccncc1Cl. The van der Waals surface area contributed by atoms with Crippen LogP contribution in [-0.2, 0) is 4.79 Å². The Bertz CT molecular complexity index is 605. The van der Waals surface area contributed by atoms with E-state index >= 15 is 0 Å². The molecule has 0 aliphatic heterocycles. The monoisotopic (exact) mass is 368 g/mol. The van der Waals surface area contributed by atoms with Gasteiger partial charge in [-0.3, -0.25) is 9.78 Å². The second kappa shape index (κ2) is 8.00. The smallest absolute Gasteiger partial charge is 0.224 e. The molecular formula is C15H14BrClN2O2. The highest BCUT2D eigenvalue weighted by Crippen LogP contribution is 2.19. The Hall–Kier alpha value is -1.59. The van der Waals surface area contributed by atoms with Crippen LogP contribution in [-0.4, -0.2) is 17.5 Å². The van der Waals surface area contributed by atoms with Crippen molar-refractivity contribution in [1.29, 1.82) is 0 Å². The third kappa shape index (κ3) is 5.36. The van der Waals surface area contributed by atoms with E-state index in [9.17, 15) is 4.79 Å². The van der Waals surface area contributed by atoms with Crippen LogP contribution >= 0.6 is 27.5 Å². The summed E-state index contributed by atoms with van der Waals surface area (Å²) in [6, 6.07) is 9.24. The van der Waals surface area contributed by atoms with Crippen molar-refractivity contribution in [3.05, 3.63) is 52.2 Å². The molecule has 110 valence electrons. The number of amides is 1. The van der Waals surface area contributed by atoms with E-state index in [4.69, 9.17) is 16.3 Å². The summed E-state index contributed by atoms with van der Waals surface area (Å²) in [6.07, 6.45) is 4.08. The number of carbonyl (C=O) groups is 1. The van der Waals surface area contributed by atoms with Crippen molar-refractivity contribution >= 4 is 39.1 Å². The number of halogens is 2. The summed E-state index contributed by atoms with van der Waals surface area (Å²) in [5.41, 5.74) is 0.575. The fraction of sp³-hybridized carbons (Fsp3) is 0.200. The first-order chi connectivity index (χ1) is 10.1. The van der Waals surface area contributed by atoms with Crippen LogP contribution in [0.1, 0.15) is 12.8 Å². The van der Waals surface area contributed by atoms with Crippen molar-refractivity contribution in [2.75, 3.05) is 11.9 Å². The topological polar surface area (TPSA) is 51.2 Å². The second-order valence-electron chi connectivity index (χ2n) is 4.31. The lowest BCUT2D eigenvalue weighted by molar-refractivity contribution is -0.116. The van der Waals surface area contributed by atoms with E-state index in [-0.39, 0.29) is 5.91 Å². The number of pyridine rings is 1. The molecule has 21 heavy (non-hydrogen) atoms. The molecule has 1 aromatic heterocycles. The third-order valence-electron chi connectivity index (χ3n) is 2.68. The van der Waals surface area contributed by atoms with Crippen LogP contribution in [0.2, 0.25) is 5.02 Å². The second-order valence-corrected chi connectivity index (χ2v) is 5.63. The van der Waals surface area contributed by atoms with Gasteiger partial charge in [0.2, 0.25) is 5.91 Å². The highest BCUT2D eigenvalue weighted by atomic mass is 79.9. The molecule has 1 amide bonds. The number of benzene rings is 1. The summed E-state index contributed by atoms with van der Waals surface area (Å²) >= 11 is 9.28. The Balaban J connectivity index is 1.70. The fourth-order valence-corrected chi connectivity index (χ4v) is 2.07. The number of aromatic nitrogens is 1. The number of carbonyl (C=O) groups excluding carboxylic acids is 1. The Morgan fingerprint density at radius 1 is 1.29 bits per heavy atom. The van der Waals surface area contributed by atoms with Crippen LogP contribution in [0, 0.1) is 0 Å². The lowest BCUT2D eigenvalue weighted by Crippen LogP contribution is -2.13. The molecule has 1 aromatic carbocycles. The minimum Gasteiger partial charge on any atom is -0.494 e. The summed E-state index contributed by atoms with van der Waals surface area (Å²) in [5, 5.41) is 3.17. The predicted molar refractivity (Wildman–Crippen MR) is 86.7 cm³/mol. The Labute approximate surface area is 136 Å².